The molecular weight excluding hydrogens is 541 g/mol. The normalized spacial score (nSPS) is 12.0. The number of halogens is 2. The van der Waals surface area contributed by atoms with Crippen LogP contribution in [0.4, 0.5) is 10.1 Å². The molecule has 0 saturated carbocycles. The molecule has 7 nitrogen and oxygen atoms in total. The van der Waals surface area contributed by atoms with E-state index in [0.717, 1.165) is 17.1 Å². The van der Waals surface area contributed by atoms with Crippen molar-refractivity contribution in [1.82, 2.24) is 10.2 Å². The third kappa shape index (κ3) is 7.58. The summed E-state index contributed by atoms with van der Waals surface area (Å²) >= 11 is 6.33. The molecule has 3 aromatic carbocycles. The first-order chi connectivity index (χ1) is 18.6. The van der Waals surface area contributed by atoms with Crippen molar-refractivity contribution < 1.29 is 22.4 Å². The lowest BCUT2D eigenvalue weighted by molar-refractivity contribution is -0.139. The summed E-state index contributed by atoms with van der Waals surface area (Å²) in [6.45, 7) is 5.12. The van der Waals surface area contributed by atoms with Gasteiger partial charge in [-0.25, -0.2) is 12.8 Å². The summed E-state index contributed by atoms with van der Waals surface area (Å²) in [5, 5.41) is 3.18. The molecule has 2 amide bonds. The zero-order chi connectivity index (χ0) is 28.6. The Balaban J connectivity index is 2.02. The van der Waals surface area contributed by atoms with Gasteiger partial charge < -0.3 is 10.2 Å². The van der Waals surface area contributed by atoms with Crippen molar-refractivity contribution in [2.24, 2.45) is 0 Å². The summed E-state index contributed by atoms with van der Waals surface area (Å²) in [7, 11) is -4.19. The molecule has 0 aliphatic carbocycles. The van der Waals surface area contributed by atoms with Crippen molar-refractivity contribution in [1.29, 1.82) is 0 Å². The van der Waals surface area contributed by atoms with Gasteiger partial charge in [0.1, 0.15) is 18.4 Å². The molecule has 0 spiro atoms. The molecule has 0 unspecified atom stereocenters. The number of nitrogens with zero attached hydrogens (tertiary/aromatic N) is 2. The highest BCUT2D eigenvalue weighted by atomic mass is 35.5. The third-order valence-electron chi connectivity index (χ3n) is 6.38. The Labute approximate surface area is 234 Å². The molecule has 3 aromatic rings. The van der Waals surface area contributed by atoms with Crippen LogP contribution in [0.15, 0.2) is 77.7 Å². The number of rotatable bonds is 12. The van der Waals surface area contributed by atoms with E-state index in [2.05, 4.69) is 5.32 Å². The van der Waals surface area contributed by atoms with Gasteiger partial charge in [0.05, 0.1) is 10.6 Å². The average Bonchev–Trinajstić information content (AvgIpc) is 2.93. The Kier molecular flexibility index (Phi) is 10.5. The van der Waals surface area contributed by atoms with E-state index >= 15 is 0 Å². The summed E-state index contributed by atoms with van der Waals surface area (Å²) in [6, 6.07) is 17.3. The fraction of sp³-hybridized carbons (Fsp3) is 0.310. The van der Waals surface area contributed by atoms with Gasteiger partial charge in [-0.05, 0) is 67.8 Å². The number of hydrogen-bond acceptors (Lipinski definition) is 4. The quantitative estimate of drug-likeness (QED) is 0.297. The highest BCUT2D eigenvalue weighted by Crippen LogP contribution is 2.31. The topological polar surface area (TPSA) is 86.8 Å². The molecule has 3 rings (SSSR count). The van der Waals surface area contributed by atoms with Crippen LogP contribution in [0.5, 0.6) is 0 Å². The monoisotopic (exact) mass is 573 g/mol. The van der Waals surface area contributed by atoms with Crippen molar-refractivity contribution in [3.8, 4) is 0 Å². The zero-order valence-corrected chi connectivity index (χ0v) is 23.8. The van der Waals surface area contributed by atoms with Gasteiger partial charge in [0.15, 0.2) is 0 Å². The Bertz CT molecular complexity index is 1390. The number of unbranched alkanes of at least 4 members (excludes halogenated alkanes) is 1. The lowest BCUT2D eigenvalue weighted by Crippen LogP contribution is -2.51. The molecule has 0 heterocycles. The van der Waals surface area contributed by atoms with Gasteiger partial charge >= 0.3 is 0 Å². The predicted octanol–water partition coefficient (Wildman–Crippen LogP) is 5.32. The minimum absolute atomic E-state index is 0.00705. The van der Waals surface area contributed by atoms with Gasteiger partial charge in [0.25, 0.3) is 10.0 Å². The summed E-state index contributed by atoms with van der Waals surface area (Å²) in [5.41, 5.74) is 1.33. The number of carbonyl (C=O) groups is 2. The van der Waals surface area contributed by atoms with E-state index in [0.29, 0.717) is 22.7 Å². The SMILES string of the molecule is CCCCNC(=O)[C@@H](C)N(Cc1ccc(F)cc1)C(=O)CN(c1cccc(Cl)c1C)S(=O)(=O)c1ccccc1. The first-order valence-electron chi connectivity index (χ1n) is 12.7. The van der Waals surface area contributed by atoms with Gasteiger partial charge in [-0.15, -0.1) is 0 Å². The maximum atomic E-state index is 13.9. The predicted molar refractivity (Wildman–Crippen MR) is 151 cm³/mol. The standard InChI is InChI=1S/C29H33ClFN3O4S/c1-4-5-18-32-29(36)22(3)33(19-23-14-16-24(31)17-15-23)28(35)20-34(27-13-9-12-26(30)21(27)2)39(37,38)25-10-7-6-8-11-25/h6-17,22H,4-5,18-20H2,1-3H3,(H,32,36)/t22-/m1/s1. The van der Waals surface area contributed by atoms with Crippen molar-refractivity contribution in [3.63, 3.8) is 0 Å². The van der Waals surface area contributed by atoms with E-state index < -0.39 is 34.3 Å². The van der Waals surface area contributed by atoms with Crippen LogP contribution < -0.4 is 9.62 Å². The Morgan fingerprint density at radius 1 is 1.00 bits per heavy atom. The Morgan fingerprint density at radius 2 is 1.67 bits per heavy atom. The van der Waals surface area contributed by atoms with Crippen LogP contribution in [-0.4, -0.2) is 44.3 Å². The highest BCUT2D eigenvalue weighted by molar-refractivity contribution is 7.92. The molecule has 1 N–H and O–H groups in total. The molecule has 0 saturated heterocycles. The van der Waals surface area contributed by atoms with Crippen LogP contribution in [0.1, 0.15) is 37.8 Å². The van der Waals surface area contributed by atoms with E-state index in [1.807, 2.05) is 6.92 Å². The van der Waals surface area contributed by atoms with Crippen molar-refractivity contribution in [2.75, 3.05) is 17.4 Å². The van der Waals surface area contributed by atoms with Crippen molar-refractivity contribution in [3.05, 3.63) is 94.8 Å². The fourth-order valence-electron chi connectivity index (χ4n) is 4.00. The van der Waals surface area contributed by atoms with Crippen molar-refractivity contribution in [2.45, 2.75) is 51.1 Å². The third-order valence-corrected chi connectivity index (χ3v) is 8.56. The minimum atomic E-state index is -4.19. The second kappa shape index (κ2) is 13.6. The molecule has 208 valence electrons. The summed E-state index contributed by atoms with van der Waals surface area (Å²) in [5.74, 6) is -1.40. The fourth-order valence-corrected chi connectivity index (χ4v) is 5.67. The van der Waals surface area contributed by atoms with E-state index in [1.165, 1.54) is 41.3 Å². The highest BCUT2D eigenvalue weighted by Gasteiger charge is 2.33. The van der Waals surface area contributed by atoms with E-state index in [4.69, 9.17) is 11.6 Å². The van der Waals surface area contributed by atoms with Gasteiger partial charge in [-0.2, -0.15) is 0 Å². The maximum Gasteiger partial charge on any atom is 0.264 e. The number of amides is 2. The average molecular weight is 574 g/mol. The maximum absolute atomic E-state index is 13.9. The molecule has 0 aromatic heterocycles. The number of sulfonamides is 1. The largest absolute Gasteiger partial charge is 0.354 e. The van der Waals surface area contributed by atoms with Crippen molar-refractivity contribution >= 4 is 39.1 Å². The minimum Gasteiger partial charge on any atom is -0.354 e. The molecule has 0 fully saturated rings. The second-order valence-corrected chi connectivity index (χ2v) is 11.4. The van der Waals surface area contributed by atoms with Gasteiger partial charge in [-0.3, -0.25) is 13.9 Å². The number of benzene rings is 3. The molecule has 10 heteroatoms. The van der Waals surface area contributed by atoms with Gasteiger partial charge in [0.2, 0.25) is 11.8 Å². The molecule has 0 bridgehead atoms. The molecular formula is C29H33ClFN3O4S. The van der Waals surface area contributed by atoms with Crippen LogP contribution in [-0.2, 0) is 26.2 Å². The number of carbonyl (C=O) groups excluding carboxylic acids is 2. The number of nitrogens with one attached hydrogen (secondary N) is 1. The number of anilines is 1. The summed E-state index contributed by atoms with van der Waals surface area (Å²) < 4.78 is 42.2. The Hall–Kier alpha value is -3.43. The van der Waals surface area contributed by atoms with E-state index in [9.17, 15) is 22.4 Å². The first kappa shape index (κ1) is 30.1. The lowest BCUT2D eigenvalue weighted by atomic mass is 10.1. The molecule has 0 radical (unpaired) electrons. The second-order valence-electron chi connectivity index (χ2n) is 9.18. The van der Waals surface area contributed by atoms with E-state index in [1.54, 1.807) is 50.2 Å². The molecule has 1 atom stereocenters. The first-order valence-corrected chi connectivity index (χ1v) is 14.5. The zero-order valence-electron chi connectivity index (χ0n) is 22.2. The van der Waals surface area contributed by atoms with Crippen LogP contribution in [0, 0.1) is 12.7 Å². The summed E-state index contributed by atoms with van der Waals surface area (Å²) in [6.07, 6.45) is 1.67. The molecule has 39 heavy (non-hydrogen) atoms. The van der Waals surface area contributed by atoms with Gasteiger partial charge in [0, 0.05) is 18.1 Å². The van der Waals surface area contributed by atoms with Gasteiger partial charge in [-0.1, -0.05) is 61.3 Å². The van der Waals surface area contributed by atoms with Crippen LogP contribution in [0.3, 0.4) is 0 Å². The van der Waals surface area contributed by atoms with E-state index in [-0.39, 0.29) is 23.0 Å². The molecule has 0 aliphatic heterocycles. The number of hydrogen-bond donors (Lipinski definition) is 1. The Morgan fingerprint density at radius 3 is 2.31 bits per heavy atom. The summed E-state index contributed by atoms with van der Waals surface area (Å²) in [4.78, 5) is 28.2. The molecule has 0 aliphatic rings. The van der Waals surface area contributed by atoms with Crippen LogP contribution in [0.2, 0.25) is 5.02 Å². The smallest absolute Gasteiger partial charge is 0.264 e. The van der Waals surface area contributed by atoms with Crippen LogP contribution in [0.25, 0.3) is 0 Å². The lowest BCUT2D eigenvalue weighted by Gasteiger charge is -2.32. The van der Waals surface area contributed by atoms with Crippen LogP contribution >= 0.6 is 11.6 Å².